The lowest BCUT2D eigenvalue weighted by molar-refractivity contribution is -0.150. The summed E-state index contributed by atoms with van der Waals surface area (Å²) in [7, 11) is 0. The maximum atomic E-state index is 12.4. The first-order chi connectivity index (χ1) is 12.1. The number of hydrogen-bond donors (Lipinski definition) is 0. The van der Waals surface area contributed by atoms with E-state index < -0.39 is 0 Å². The molecule has 3 aliphatic rings. The van der Waals surface area contributed by atoms with E-state index in [0.717, 1.165) is 44.1 Å². The number of rotatable bonds is 4. The minimum Gasteiger partial charge on any atom is -0.457 e. The zero-order chi connectivity index (χ0) is 17.4. The van der Waals surface area contributed by atoms with Gasteiger partial charge in [-0.15, -0.1) is 0 Å². The first-order valence-corrected chi connectivity index (χ1v) is 9.27. The molecule has 5 nitrogen and oxygen atoms in total. The minimum absolute atomic E-state index is 0.0790. The van der Waals surface area contributed by atoms with Crippen LogP contribution in [0.3, 0.4) is 0 Å². The Kier molecular flexibility index (Phi) is 4.32. The molecule has 0 spiro atoms. The summed E-state index contributed by atoms with van der Waals surface area (Å²) in [5.41, 5.74) is 2.31. The molecule has 1 aromatic carbocycles. The van der Waals surface area contributed by atoms with Crippen LogP contribution in [0.25, 0.3) is 0 Å². The van der Waals surface area contributed by atoms with Gasteiger partial charge in [0.05, 0.1) is 18.3 Å². The van der Waals surface area contributed by atoms with Crippen molar-refractivity contribution >= 4 is 17.8 Å². The molecule has 1 aliphatic heterocycles. The first-order valence-electron chi connectivity index (χ1n) is 9.27. The van der Waals surface area contributed by atoms with E-state index in [1.807, 2.05) is 18.2 Å². The Morgan fingerprint density at radius 1 is 1.04 bits per heavy atom. The third-order valence-electron chi connectivity index (χ3n) is 5.82. The third kappa shape index (κ3) is 2.96. The predicted octanol–water partition coefficient (Wildman–Crippen LogP) is 2.78. The van der Waals surface area contributed by atoms with Gasteiger partial charge in [-0.2, -0.15) is 0 Å². The number of fused-ring (bicyclic) bond motifs is 2. The maximum Gasteiger partial charge on any atom is 0.308 e. The second kappa shape index (κ2) is 6.62. The van der Waals surface area contributed by atoms with E-state index in [0.29, 0.717) is 0 Å². The second-order valence-corrected chi connectivity index (χ2v) is 7.29. The van der Waals surface area contributed by atoms with Gasteiger partial charge in [-0.1, -0.05) is 37.1 Å². The van der Waals surface area contributed by atoms with Crippen LogP contribution >= 0.6 is 0 Å². The van der Waals surface area contributed by atoms with Gasteiger partial charge < -0.3 is 4.74 Å². The summed E-state index contributed by atoms with van der Waals surface area (Å²) in [4.78, 5) is 38.4. The summed E-state index contributed by atoms with van der Waals surface area (Å²) >= 11 is 0. The monoisotopic (exact) mass is 341 g/mol. The normalized spacial score (nSPS) is 28.0. The van der Waals surface area contributed by atoms with Crippen LogP contribution in [0.4, 0.5) is 0 Å². The highest BCUT2D eigenvalue weighted by molar-refractivity contribution is 6.05. The zero-order valence-corrected chi connectivity index (χ0v) is 14.3. The first kappa shape index (κ1) is 16.3. The molecule has 25 heavy (non-hydrogen) atoms. The molecule has 2 amide bonds. The Labute approximate surface area is 147 Å². The molecule has 1 heterocycles. The van der Waals surface area contributed by atoms with E-state index in [9.17, 15) is 14.4 Å². The van der Waals surface area contributed by atoms with Gasteiger partial charge in [0, 0.05) is 6.54 Å². The molecule has 2 aliphatic carbocycles. The number of carbonyl (C=O) groups is 3. The number of carbonyl (C=O) groups excluding carboxylic acids is 3. The molecule has 0 unspecified atom stereocenters. The minimum atomic E-state index is -0.336. The fraction of sp³-hybridized carbons (Fsp3) is 0.550. The summed E-state index contributed by atoms with van der Waals surface area (Å²) in [5, 5.41) is 0. The van der Waals surface area contributed by atoms with Crippen LogP contribution in [0, 0.1) is 11.8 Å². The van der Waals surface area contributed by atoms with E-state index in [4.69, 9.17) is 4.74 Å². The second-order valence-electron chi connectivity index (χ2n) is 7.29. The average Bonchev–Trinajstić information content (AvgIpc) is 3.14. The number of hydrogen-bond acceptors (Lipinski definition) is 4. The van der Waals surface area contributed by atoms with Crippen LogP contribution < -0.4 is 0 Å². The largest absolute Gasteiger partial charge is 0.457 e. The van der Waals surface area contributed by atoms with Crippen LogP contribution in [0.2, 0.25) is 0 Å². The van der Waals surface area contributed by atoms with Crippen molar-refractivity contribution in [1.29, 1.82) is 0 Å². The maximum absolute atomic E-state index is 12.4. The molecular weight excluding hydrogens is 318 g/mol. The number of esters is 1. The number of aryl methyl sites for hydroxylation is 1. The predicted molar refractivity (Wildman–Crippen MR) is 90.4 cm³/mol. The lowest BCUT2D eigenvalue weighted by Gasteiger charge is -2.19. The van der Waals surface area contributed by atoms with E-state index in [-0.39, 0.29) is 48.7 Å². The lowest BCUT2D eigenvalue weighted by atomic mass is 9.81. The highest BCUT2D eigenvalue weighted by Gasteiger charge is 2.47. The van der Waals surface area contributed by atoms with Crippen molar-refractivity contribution in [2.24, 2.45) is 11.8 Å². The molecular formula is C20H23NO4. The molecule has 1 aromatic rings. The number of imide groups is 1. The Morgan fingerprint density at radius 2 is 1.72 bits per heavy atom. The third-order valence-corrected chi connectivity index (χ3v) is 5.82. The summed E-state index contributed by atoms with van der Waals surface area (Å²) < 4.78 is 5.60. The van der Waals surface area contributed by atoms with Gasteiger partial charge in [-0.25, -0.2) is 0 Å². The molecule has 4 rings (SSSR count). The van der Waals surface area contributed by atoms with E-state index >= 15 is 0 Å². The SMILES string of the molecule is O=C(CCN1C(=O)[C@H]2CCCC[C@H]2C1=O)O[C@H]1CCc2ccccc21. The van der Waals surface area contributed by atoms with Crippen molar-refractivity contribution in [2.75, 3.05) is 6.54 Å². The molecule has 0 N–H and O–H groups in total. The molecule has 1 saturated heterocycles. The molecule has 5 heteroatoms. The van der Waals surface area contributed by atoms with Gasteiger partial charge in [0.15, 0.2) is 0 Å². The van der Waals surface area contributed by atoms with E-state index in [1.165, 1.54) is 10.5 Å². The Bertz CT molecular complexity index is 689. The Hall–Kier alpha value is -2.17. The van der Waals surface area contributed by atoms with Crippen molar-refractivity contribution in [2.45, 2.75) is 51.0 Å². The van der Waals surface area contributed by atoms with Crippen LogP contribution in [-0.4, -0.2) is 29.2 Å². The van der Waals surface area contributed by atoms with Gasteiger partial charge in [0.1, 0.15) is 6.10 Å². The number of benzene rings is 1. The van der Waals surface area contributed by atoms with Gasteiger partial charge in [-0.05, 0) is 36.8 Å². The fourth-order valence-electron chi connectivity index (χ4n) is 4.51. The zero-order valence-electron chi connectivity index (χ0n) is 14.3. The van der Waals surface area contributed by atoms with Crippen molar-refractivity contribution in [3.8, 4) is 0 Å². The molecule has 0 radical (unpaired) electrons. The van der Waals surface area contributed by atoms with Gasteiger partial charge in [0.2, 0.25) is 11.8 Å². The van der Waals surface area contributed by atoms with E-state index in [1.54, 1.807) is 0 Å². The smallest absolute Gasteiger partial charge is 0.308 e. The molecule has 0 bridgehead atoms. The topological polar surface area (TPSA) is 63.7 Å². The van der Waals surface area contributed by atoms with Crippen LogP contribution in [0.5, 0.6) is 0 Å². The van der Waals surface area contributed by atoms with Crippen LogP contribution in [0.15, 0.2) is 24.3 Å². The number of nitrogens with zero attached hydrogens (tertiary/aromatic N) is 1. The number of ether oxygens (including phenoxy) is 1. The Balaban J connectivity index is 1.33. The summed E-state index contributed by atoms with van der Waals surface area (Å²) in [6.45, 7) is 0.151. The number of likely N-dealkylation sites (tertiary alicyclic amines) is 1. The van der Waals surface area contributed by atoms with Crippen molar-refractivity contribution < 1.29 is 19.1 Å². The molecule has 0 aromatic heterocycles. The van der Waals surface area contributed by atoms with Crippen molar-refractivity contribution in [1.82, 2.24) is 4.90 Å². The highest BCUT2D eigenvalue weighted by atomic mass is 16.5. The van der Waals surface area contributed by atoms with Crippen molar-refractivity contribution in [3.63, 3.8) is 0 Å². The quantitative estimate of drug-likeness (QED) is 0.624. The van der Waals surface area contributed by atoms with E-state index in [2.05, 4.69) is 6.07 Å². The van der Waals surface area contributed by atoms with Crippen LogP contribution in [0.1, 0.15) is 55.8 Å². The van der Waals surface area contributed by atoms with Gasteiger partial charge in [-0.3, -0.25) is 19.3 Å². The number of amides is 2. The summed E-state index contributed by atoms with van der Waals surface area (Å²) in [6, 6.07) is 8.01. The van der Waals surface area contributed by atoms with Gasteiger partial charge >= 0.3 is 5.97 Å². The summed E-state index contributed by atoms with van der Waals surface area (Å²) in [6.07, 6.45) is 5.22. The lowest BCUT2D eigenvalue weighted by Crippen LogP contribution is -2.33. The molecule has 1 saturated carbocycles. The highest BCUT2D eigenvalue weighted by Crippen LogP contribution is 2.38. The molecule has 132 valence electrons. The average molecular weight is 341 g/mol. The molecule has 2 fully saturated rings. The molecule has 3 atom stereocenters. The van der Waals surface area contributed by atoms with Crippen molar-refractivity contribution in [3.05, 3.63) is 35.4 Å². The summed E-state index contributed by atoms with van der Waals surface area (Å²) in [5.74, 6) is -0.822. The van der Waals surface area contributed by atoms with Gasteiger partial charge in [0.25, 0.3) is 0 Å². The Morgan fingerprint density at radius 3 is 2.44 bits per heavy atom. The van der Waals surface area contributed by atoms with Crippen LogP contribution in [-0.2, 0) is 25.5 Å². The fourth-order valence-corrected chi connectivity index (χ4v) is 4.51. The standard InChI is InChI=1S/C20H23NO4/c22-18(25-17-10-9-13-5-1-2-6-14(13)17)11-12-21-19(23)15-7-3-4-8-16(15)20(21)24/h1-2,5-6,15-17H,3-4,7-12H2/t15-,16+,17-/m0/s1.